The van der Waals surface area contributed by atoms with E-state index in [4.69, 9.17) is 9.84 Å². The molecule has 0 spiro atoms. The van der Waals surface area contributed by atoms with Gasteiger partial charge in [-0.15, -0.1) is 11.3 Å². The fourth-order valence-corrected chi connectivity index (χ4v) is 2.88. The number of thiazole rings is 1. The lowest BCUT2D eigenvalue weighted by Crippen LogP contribution is -2.32. The summed E-state index contributed by atoms with van der Waals surface area (Å²) in [4.78, 5) is 27.1. The molecule has 0 aliphatic heterocycles. The Morgan fingerprint density at radius 2 is 2.05 bits per heavy atom. The van der Waals surface area contributed by atoms with E-state index in [9.17, 15) is 9.59 Å². The number of carboxylic acid groups (broad SMARTS) is 1. The fraction of sp³-hybridized carbons (Fsp3) is 0.400. The highest BCUT2D eigenvalue weighted by molar-refractivity contribution is 7.18. The van der Waals surface area contributed by atoms with Gasteiger partial charge in [-0.3, -0.25) is 0 Å². The van der Waals surface area contributed by atoms with Gasteiger partial charge in [0.05, 0.1) is 22.3 Å². The van der Waals surface area contributed by atoms with Gasteiger partial charge in [0.1, 0.15) is 10.6 Å². The van der Waals surface area contributed by atoms with Gasteiger partial charge in [-0.1, -0.05) is 0 Å². The third-order valence-corrected chi connectivity index (χ3v) is 3.81. The predicted molar refractivity (Wildman–Crippen MR) is 84.4 cm³/mol. The highest BCUT2D eigenvalue weighted by atomic mass is 32.1. The van der Waals surface area contributed by atoms with E-state index in [0.29, 0.717) is 16.1 Å². The van der Waals surface area contributed by atoms with Crippen molar-refractivity contribution in [2.45, 2.75) is 39.8 Å². The molecule has 2 aromatic rings. The molecule has 118 valence electrons. The van der Waals surface area contributed by atoms with E-state index in [-0.39, 0.29) is 12.1 Å². The van der Waals surface area contributed by atoms with E-state index in [0.717, 1.165) is 4.70 Å². The first kappa shape index (κ1) is 16.2. The van der Waals surface area contributed by atoms with Crippen molar-refractivity contribution >= 4 is 33.6 Å². The van der Waals surface area contributed by atoms with Crippen LogP contribution in [0.1, 0.15) is 41.7 Å². The average molecular weight is 322 g/mol. The van der Waals surface area contributed by atoms with Crippen LogP contribution in [0.25, 0.3) is 10.2 Å². The summed E-state index contributed by atoms with van der Waals surface area (Å²) in [6, 6.07) is 3.36. The molecule has 0 aliphatic carbocycles. The SMILES string of the molecule is Cc1cc2sc(CNC(=O)OC(C)(C)C)nc2cc1C(=O)O. The van der Waals surface area contributed by atoms with Crippen LogP contribution >= 0.6 is 11.3 Å². The number of alkyl carbamates (subject to hydrolysis) is 1. The normalized spacial score (nSPS) is 11.5. The summed E-state index contributed by atoms with van der Waals surface area (Å²) in [5.41, 5.74) is 0.999. The highest BCUT2D eigenvalue weighted by Crippen LogP contribution is 2.25. The number of hydrogen-bond acceptors (Lipinski definition) is 5. The van der Waals surface area contributed by atoms with Gasteiger partial charge in [0.25, 0.3) is 0 Å². The Kier molecular flexibility index (Phi) is 4.37. The zero-order valence-electron chi connectivity index (χ0n) is 12.9. The maximum Gasteiger partial charge on any atom is 0.408 e. The Bertz CT molecular complexity index is 731. The highest BCUT2D eigenvalue weighted by Gasteiger charge is 2.17. The number of nitrogens with one attached hydrogen (secondary N) is 1. The van der Waals surface area contributed by atoms with Crippen molar-refractivity contribution in [1.82, 2.24) is 10.3 Å². The summed E-state index contributed by atoms with van der Waals surface area (Å²) < 4.78 is 6.04. The molecule has 1 aromatic heterocycles. The van der Waals surface area contributed by atoms with Crippen molar-refractivity contribution in [3.8, 4) is 0 Å². The molecule has 0 fully saturated rings. The number of aromatic carboxylic acids is 1. The first-order valence-electron chi connectivity index (χ1n) is 6.76. The first-order chi connectivity index (χ1) is 10.2. The molecule has 2 rings (SSSR count). The molecule has 1 aromatic carbocycles. The van der Waals surface area contributed by atoms with Crippen molar-refractivity contribution in [3.63, 3.8) is 0 Å². The van der Waals surface area contributed by atoms with Crippen LogP contribution in [0.2, 0.25) is 0 Å². The monoisotopic (exact) mass is 322 g/mol. The van der Waals surface area contributed by atoms with Crippen molar-refractivity contribution in [2.24, 2.45) is 0 Å². The molecule has 22 heavy (non-hydrogen) atoms. The van der Waals surface area contributed by atoms with Gasteiger partial charge in [0.15, 0.2) is 0 Å². The number of aryl methyl sites for hydroxylation is 1. The molecule has 1 amide bonds. The number of carbonyl (C=O) groups is 2. The second-order valence-corrected chi connectivity index (χ2v) is 7.02. The molecule has 1 heterocycles. The van der Waals surface area contributed by atoms with Crippen LogP contribution in [-0.4, -0.2) is 27.8 Å². The predicted octanol–water partition coefficient (Wildman–Crippen LogP) is 3.33. The summed E-state index contributed by atoms with van der Waals surface area (Å²) in [5, 5.41) is 12.5. The minimum absolute atomic E-state index is 0.240. The van der Waals surface area contributed by atoms with E-state index in [1.165, 1.54) is 11.3 Å². The number of carbonyl (C=O) groups excluding carboxylic acids is 1. The summed E-state index contributed by atoms with van der Waals surface area (Å²) in [5.74, 6) is -0.971. The number of amides is 1. The maximum absolute atomic E-state index is 11.6. The minimum atomic E-state index is -0.971. The third-order valence-electron chi connectivity index (χ3n) is 2.79. The number of nitrogens with zero attached hydrogens (tertiary/aromatic N) is 1. The molecule has 0 saturated heterocycles. The van der Waals surface area contributed by atoms with Gasteiger partial charge >= 0.3 is 12.1 Å². The second-order valence-electron chi connectivity index (χ2n) is 5.90. The molecule has 0 aliphatic rings. The Morgan fingerprint density at radius 1 is 1.36 bits per heavy atom. The van der Waals surface area contributed by atoms with E-state index in [2.05, 4.69) is 10.3 Å². The first-order valence-corrected chi connectivity index (χ1v) is 7.57. The summed E-state index contributed by atoms with van der Waals surface area (Å²) in [6.45, 7) is 7.37. The van der Waals surface area contributed by atoms with Crippen LogP contribution in [0.3, 0.4) is 0 Å². The Morgan fingerprint density at radius 3 is 2.64 bits per heavy atom. The number of carboxylic acids is 1. The minimum Gasteiger partial charge on any atom is -0.478 e. The molecule has 0 bridgehead atoms. The lowest BCUT2D eigenvalue weighted by atomic mass is 10.1. The summed E-state index contributed by atoms with van der Waals surface area (Å²) in [7, 11) is 0. The molecular formula is C15H18N2O4S. The van der Waals surface area contributed by atoms with Gasteiger partial charge < -0.3 is 15.2 Å². The van der Waals surface area contributed by atoms with Gasteiger partial charge in [0, 0.05) is 0 Å². The van der Waals surface area contributed by atoms with Crippen molar-refractivity contribution < 1.29 is 19.4 Å². The van der Waals surface area contributed by atoms with Crippen molar-refractivity contribution in [1.29, 1.82) is 0 Å². The van der Waals surface area contributed by atoms with Gasteiger partial charge in [-0.2, -0.15) is 0 Å². The number of ether oxygens (including phenoxy) is 1. The van der Waals surface area contributed by atoms with E-state index in [1.54, 1.807) is 39.8 Å². The Labute approximate surface area is 132 Å². The Balaban J connectivity index is 2.13. The zero-order valence-corrected chi connectivity index (χ0v) is 13.7. The molecule has 0 radical (unpaired) electrons. The molecule has 0 unspecified atom stereocenters. The number of hydrogen-bond donors (Lipinski definition) is 2. The molecule has 6 nitrogen and oxygen atoms in total. The van der Waals surface area contributed by atoms with Crippen LogP contribution < -0.4 is 5.32 Å². The largest absolute Gasteiger partial charge is 0.478 e. The quantitative estimate of drug-likeness (QED) is 0.905. The molecule has 7 heteroatoms. The number of aromatic nitrogens is 1. The van der Waals surface area contributed by atoms with E-state index >= 15 is 0 Å². The topological polar surface area (TPSA) is 88.5 Å². The fourth-order valence-electron chi connectivity index (χ4n) is 1.89. The van der Waals surface area contributed by atoms with Gasteiger partial charge in [-0.05, 0) is 45.4 Å². The molecule has 0 atom stereocenters. The van der Waals surface area contributed by atoms with Crippen molar-refractivity contribution in [3.05, 3.63) is 28.3 Å². The van der Waals surface area contributed by atoms with Crippen LogP contribution in [0, 0.1) is 6.92 Å². The molecule has 0 saturated carbocycles. The summed E-state index contributed by atoms with van der Waals surface area (Å²) >= 11 is 1.42. The van der Waals surface area contributed by atoms with Crippen LogP contribution in [-0.2, 0) is 11.3 Å². The van der Waals surface area contributed by atoms with E-state index < -0.39 is 17.7 Å². The zero-order chi connectivity index (χ0) is 16.5. The lowest BCUT2D eigenvalue weighted by Gasteiger charge is -2.19. The van der Waals surface area contributed by atoms with Crippen LogP contribution in [0.15, 0.2) is 12.1 Å². The smallest absolute Gasteiger partial charge is 0.408 e. The van der Waals surface area contributed by atoms with Crippen molar-refractivity contribution in [2.75, 3.05) is 0 Å². The Hall–Kier alpha value is -2.15. The average Bonchev–Trinajstić information content (AvgIpc) is 2.74. The summed E-state index contributed by atoms with van der Waals surface area (Å²) in [6.07, 6.45) is -0.505. The number of rotatable bonds is 3. The molecular weight excluding hydrogens is 304 g/mol. The van der Waals surface area contributed by atoms with Crippen LogP contribution in [0.5, 0.6) is 0 Å². The van der Waals surface area contributed by atoms with E-state index in [1.807, 2.05) is 0 Å². The van der Waals surface area contributed by atoms with Gasteiger partial charge in [0.2, 0.25) is 0 Å². The maximum atomic E-state index is 11.6. The standard InChI is InChI=1S/C15H18N2O4S/c1-8-5-11-10(6-9(8)13(18)19)17-12(22-11)7-16-14(20)21-15(2,3)4/h5-6H,7H2,1-4H3,(H,16,20)(H,18,19). The third kappa shape index (κ3) is 3.94. The second kappa shape index (κ2) is 5.92. The lowest BCUT2D eigenvalue weighted by molar-refractivity contribution is 0.0523. The molecule has 2 N–H and O–H groups in total. The van der Waals surface area contributed by atoms with Crippen LogP contribution in [0.4, 0.5) is 4.79 Å². The number of fused-ring (bicyclic) bond motifs is 1. The number of benzene rings is 1. The van der Waals surface area contributed by atoms with Gasteiger partial charge in [-0.25, -0.2) is 14.6 Å².